The third-order valence-corrected chi connectivity index (χ3v) is 3.60. The van der Waals surface area contributed by atoms with Crippen LogP contribution in [0, 0.1) is 0 Å². The summed E-state index contributed by atoms with van der Waals surface area (Å²) >= 11 is 0. The lowest BCUT2D eigenvalue weighted by Gasteiger charge is -2.17. The Labute approximate surface area is 148 Å². The molecule has 1 fully saturated rings. The summed E-state index contributed by atoms with van der Waals surface area (Å²) in [6.07, 6.45) is 2.38. The maximum absolute atomic E-state index is 5.99. The molecule has 1 aliphatic rings. The lowest BCUT2D eigenvalue weighted by Crippen LogP contribution is -2.35. The SMILES string of the molecule is COc1cc(CN=C(N)N(C)C2CC2)cc(OC)c1OC.I. The summed E-state index contributed by atoms with van der Waals surface area (Å²) < 4.78 is 16.0. The predicted molar refractivity (Wildman–Crippen MR) is 97.6 cm³/mol. The zero-order valence-corrected chi connectivity index (χ0v) is 15.8. The molecule has 0 atom stereocenters. The van der Waals surface area contributed by atoms with Gasteiger partial charge in [-0.25, -0.2) is 4.99 Å². The average Bonchev–Trinajstić information content (AvgIpc) is 3.35. The van der Waals surface area contributed by atoms with Crippen LogP contribution < -0.4 is 19.9 Å². The van der Waals surface area contributed by atoms with E-state index in [9.17, 15) is 0 Å². The monoisotopic (exact) mass is 421 g/mol. The van der Waals surface area contributed by atoms with Crippen molar-refractivity contribution < 1.29 is 14.2 Å². The Kier molecular flexibility index (Phi) is 7.05. The molecule has 0 aromatic heterocycles. The highest BCUT2D eigenvalue weighted by Crippen LogP contribution is 2.38. The molecular formula is C15H24IN3O3. The number of guanidine groups is 1. The molecule has 124 valence electrons. The van der Waals surface area contributed by atoms with Crippen LogP contribution in [0.4, 0.5) is 0 Å². The van der Waals surface area contributed by atoms with Crippen molar-refractivity contribution in [2.45, 2.75) is 25.4 Å². The van der Waals surface area contributed by atoms with Crippen LogP contribution in [-0.2, 0) is 6.54 Å². The van der Waals surface area contributed by atoms with E-state index in [2.05, 4.69) is 4.99 Å². The van der Waals surface area contributed by atoms with E-state index >= 15 is 0 Å². The molecule has 0 radical (unpaired) electrons. The molecular weight excluding hydrogens is 397 g/mol. The van der Waals surface area contributed by atoms with E-state index in [1.165, 1.54) is 12.8 Å². The average molecular weight is 421 g/mol. The summed E-state index contributed by atoms with van der Waals surface area (Å²) in [5.41, 5.74) is 6.95. The Morgan fingerprint density at radius 1 is 1.18 bits per heavy atom. The molecule has 22 heavy (non-hydrogen) atoms. The Morgan fingerprint density at radius 2 is 1.73 bits per heavy atom. The zero-order chi connectivity index (χ0) is 15.4. The van der Waals surface area contributed by atoms with Gasteiger partial charge in [0.1, 0.15) is 0 Å². The van der Waals surface area contributed by atoms with E-state index in [0.29, 0.717) is 35.8 Å². The molecule has 0 unspecified atom stereocenters. The minimum atomic E-state index is 0. The smallest absolute Gasteiger partial charge is 0.203 e. The van der Waals surface area contributed by atoms with Crippen molar-refractivity contribution in [2.75, 3.05) is 28.4 Å². The third kappa shape index (κ3) is 4.31. The first-order valence-electron chi connectivity index (χ1n) is 6.92. The van der Waals surface area contributed by atoms with Crippen molar-refractivity contribution in [3.8, 4) is 17.2 Å². The number of hydrogen-bond donors (Lipinski definition) is 1. The van der Waals surface area contributed by atoms with Crippen molar-refractivity contribution in [1.82, 2.24) is 4.90 Å². The van der Waals surface area contributed by atoms with Crippen molar-refractivity contribution in [1.29, 1.82) is 0 Å². The maximum atomic E-state index is 5.99. The molecule has 0 heterocycles. The standard InChI is InChI=1S/C15H23N3O3.HI/c1-18(11-5-6-11)15(16)17-9-10-7-12(19-2)14(21-4)13(8-10)20-3;/h7-8,11H,5-6,9H2,1-4H3,(H2,16,17);1H. The van der Waals surface area contributed by atoms with Crippen LogP contribution >= 0.6 is 24.0 Å². The Balaban J connectivity index is 0.00000242. The van der Waals surface area contributed by atoms with Crippen LogP contribution in [-0.4, -0.2) is 45.3 Å². The summed E-state index contributed by atoms with van der Waals surface area (Å²) in [5, 5.41) is 0. The van der Waals surface area contributed by atoms with Gasteiger partial charge in [0.2, 0.25) is 5.75 Å². The summed E-state index contributed by atoms with van der Waals surface area (Å²) in [4.78, 5) is 6.46. The normalized spacial score (nSPS) is 14.1. The van der Waals surface area contributed by atoms with Gasteiger partial charge in [0, 0.05) is 13.1 Å². The van der Waals surface area contributed by atoms with E-state index in [0.717, 1.165) is 5.56 Å². The molecule has 0 amide bonds. The zero-order valence-electron chi connectivity index (χ0n) is 13.5. The van der Waals surface area contributed by atoms with E-state index in [4.69, 9.17) is 19.9 Å². The van der Waals surface area contributed by atoms with Gasteiger partial charge in [0.25, 0.3) is 0 Å². The van der Waals surface area contributed by atoms with Gasteiger partial charge in [0.05, 0.1) is 27.9 Å². The van der Waals surface area contributed by atoms with Crippen molar-refractivity contribution in [3.63, 3.8) is 0 Å². The number of benzene rings is 1. The molecule has 0 bridgehead atoms. The van der Waals surface area contributed by atoms with Gasteiger partial charge in [-0.15, -0.1) is 24.0 Å². The molecule has 1 saturated carbocycles. The number of ether oxygens (including phenoxy) is 3. The molecule has 2 rings (SSSR count). The van der Waals surface area contributed by atoms with Crippen LogP contribution in [0.25, 0.3) is 0 Å². The maximum Gasteiger partial charge on any atom is 0.203 e. The summed E-state index contributed by atoms with van der Waals surface area (Å²) in [6.45, 7) is 0.472. The largest absolute Gasteiger partial charge is 0.493 e. The molecule has 7 heteroatoms. The quantitative estimate of drug-likeness (QED) is 0.434. The fourth-order valence-corrected chi connectivity index (χ4v) is 2.16. The fourth-order valence-electron chi connectivity index (χ4n) is 2.16. The highest BCUT2D eigenvalue weighted by molar-refractivity contribution is 14.0. The number of aliphatic imine (C=N–C) groups is 1. The molecule has 1 aromatic carbocycles. The summed E-state index contributed by atoms with van der Waals surface area (Å²) in [5.74, 6) is 2.38. The second-order valence-electron chi connectivity index (χ2n) is 5.05. The number of rotatable bonds is 6. The summed E-state index contributed by atoms with van der Waals surface area (Å²) in [7, 11) is 6.76. The number of nitrogens with two attached hydrogens (primary N) is 1. The number of nitrogens with zero attached hydrogens (tertiary/aromatic N) is 2. The lowest BCUT2D eigenvalue weighted by atomic mass is 10.2. The van der Waals surface area contributed by atoms with Crippen molar-refractivity contribution >= 4 is 29.9 Å². The second-order valence-corrected chi connectivity index (χ2v) is 5.05. The van der Waals surface area contributed by atoms with Crippen molar-refractivity contribution in [3.05, 3.63) is 17.7 Å². The van der Waals surface area contributed by atoms with Crippen LogP contribution in [0.2, 0.25) is 0 Å². The number of methoxy groups -OCH3 is 3. The van der Waals surface area contributed by atoms with Gasteiger partial charge in [-0.1, -0.05) is 0 Å². The third-order valence-electron chi connectivity index (χ3n) is 3.60. The van der Waals surface area contributed by atoms with E-state index in [1.807, 2.05) is 24.1 Å². The minimum absolute atomic E-state index is 0. The molecule has 2 N–H and O–H groups in total. The first-order valence-corrected chi connectivity index (χ1v) is 6.92. The van der Waals surface area contributed by atoms with Gasteiger partial charge in [-0.05, 0) is 30.5 Å². The van der Waals surface area contributed by atoms with Crippen LogP contribution in [0.15, 0.2) is 17.1 Å². The van der Waals surface area contributed by atoms with Gasteiger partial charge >= 0.3 is 0 Å². The predicted octanol–water partition coefficient (Wildman–Crippen LogP) is 2.24. The first kappa shape index (κ1) is 18.7. The molecule has 0 aliphatic heterocycles. The van der Waals surface area contributed by atoms with Gasteiger partial charge < -0.3 is 24.8 Å². The van der Waals surface area contributed by atoms with E-state index in [1.54, 1.807) is 21.3 Å². The van der Waals surface area contributed by atoms with Gasteiger partial charge in [-0.3, -0.25) is 0 Å². The molecule has 1 aliphatic carbocycles. The van der Waals surface area contributed by atoms with Crippen LogP contribution in [0.1, 0.15) is 18.4 Å². The van der Waals surface area contributed by atoms with E-state index < -0.39 is 0 Å². The Morgan fingerprint density at radius 3 is 2.14 bits per heavy atom. The molecule has 0 spiro atoms. The topological polar surface area (TPSA) is 69.3 Å². The fraction of sp³-hybridized carbons (Fsp3) is 0.533. The molecule has 6 nitrogen and oxygen atoms in total. The Bertz CT molecular complexity index is 508. The first-order chi connectivity index (χ1) is 10.1. The number of halogens is 1. The minimum Gasteiger partial charge on any atom is -0.493 e. The summed E-state index contributed by atoms with van der Waals surface area (Å²) in [6, 6.07) is 4.32. The number of hydrogen-bond acceptors (Lipinski definition) is 4. The van der Waals surface area contributed by atoms with Crippen molar-refractivity contribution in [2.24, 2.45) is 10.7 Å². The molecule has 1 aromatic rings. The lowest BCUT2D eigenvalue weighted by molar-refractivity contribution is 0.324. The highest BCUT2D eigenvalue weighted by atomic mass is 127. The molecule has 0 saturated heterocycles. The van der Waals surface area contributed by atoms with Gasteiger partial charge in [0.15, 0.2) is 17.5 Å². The van der Waals surface area contributed by atoms with Crippen LogP contribution in [0.3, 0.4) is 0 Å². The van der Waals surface area contributed by atoms with Crippen LogP contribution in [0.5, 0.6) is 17.2 Å². The Hall–Kier alpha value is -1.38. The van der Waals surface area contributed by atoms with Gasteiger partial charge in [-0.2, -0.15) is 0 Å². The van der Waals surface area contributed by atoms with E-state index in [-0.39, 0.29) is 24.0 Å². The second kappa shape index (κ2) is 8.30. The highest BCUT2D eigenvalue weighted by Gasteiger charge is 2.27.